The molecule has 0 aromatic heterocycles. The molecule has 0 radical (unpaired) electrons. The molecule has 0 bridgehead atoms. The van der Waals surface area contributed by atoms with Crippen LogP contribution in [0.1, 0.15) is 18.4 Å². The highest BCUT2D eigenvalue weighted by molar-refractivity contribution is 5.92. The minimum atomic E-state index is -0.296. The monoisotopic (exact) mass is 398 g/mol. The molecule has 0 aliphatic carbocycles. The van der Waals surface area contributed by atoms with Crippen LogP contribution in [0.4, 0.5) is 5.69 Å². The average molecular weight is 398 g/mol. The van der Waals surface area contributed by atoms with Gasteiger partial charge in [-0.2, -0.15) is 0 Å². The molecule has 0 spiro atoms. The molecule has 2 aromatic carbocycles. The molecule has 1 heterocycles. The number of nitrogens with zero attached hydrogens (tertiary/aromatic N) is 1. The minimum Gasteiger partial charge on any atom is -0.497 e. The smallest absolute Gasteiger partial charge is 0.262 e. The van der Waals surface area contributed by atoms with Crippen LogP contribution in [0.5, 0.6) is 11.5 Å². The summed E-state index contributed by atoms with van der Waals surface area (Å²) in [5, 5.41) is 12.3. The topological polar surface area (TPSA) is 88.1 Å². The number of piperidine rings is 1. The molecule has 2 aromatic rings. The number of carbonyl (C=O) groups is 2. The summed E-state index contributed by atoms with van der Waals surface area (Å²) in [5.41, 5.74) is 1.53. The number of rotatable bonds is 7. The fourth-order valence-corrected chi connectivity index (χ4v) is 3.13. The van der Waals surface area contributed by atoms with Gasteiger partial charge in [-0.15, -0.1) is 0 Å². The highest BCUT2D eigenvalue weighted by Crippen LogP contribution is 2.17. The van der Waals surface area contributed by atoms with Crippen LogP contribution in [0.25, 0.3) is 0 Å². The first-order valence-electron chi connectivity index (χ1n) is 9.65. The van der Waals surface area contributed by atoms with Gasteiger partial charge >= 0.3 is 0 Å². The molecule has 1 fully saturated rings. The maximum Gasteiger partial charge on any atom is 0.262 e. The van der Waals surface area contributed by atoms with Gasteiger partial charge in [0.1, 0.15) is 11.5 Å². The first-order valence-corrected chi connectivity index (χ1v) is 9.65. The molecule has 7 heteroatoms. The number of ether oxygens (including phenoxy) is 2. The Morgan fingerprint density at radius 2 is 1.66 bits per heavy atom. The summed E-state index contributed by atoms with van der Waals surface area (Å²) >= 11 is 0. The number of likely N-dealkylation sites (tertiary alicyclic amines) is 1. The van der Waals surface area contributed by atoms with Gasteiger partial charge in [0.25, 0.3) is 5.91 Å². The number of aliphatic hydroxyl groups is 1. The number of nitrogens with one attached hydrogen (secondary N) is 1. The predicted octanol–water partition coefficient (Wildman–Crippen LogP) is 2.24. The Hall–Kier alpha value is -3.06. The summed E-state index contributed by atoms with van der Waals surface area (Å²) in [5.74, 6) is 1.09. The number of amides is 2. The maximum atomic E-state index is 12.3. The van der Waals surface area contributed by atoms with E-state index in [-0.39, 0.29) is 24.5 Å². The Balaban J connectivity index is 1.44. The maximum absolute atomic E-state index is 12.3. The van der Waals surface area contributed by atoms with Crippen molar-refractivity contribution in [3.8, 4) is 11.5 Å². The fraction of sp³-hybridized carbons (Fsp3) is 0.364. The second kappa shape index (κ2) is 9.93. The molecule has 3 rings (SSSR count). The Labute approximate surface area is 170 Å². The molecule has 0 unspecified atom stereocenters. The molecular weight excluding hydrogens is 372 g/mol. The lowest BCUT2D eigenvalue weighted by atomic mass is 10.1. The van der Waals surface area contributed by atoms with Gasteiger partial charge < -0.3 is 24.8 Å². The highest BCUT2D eigenvalue weighted by atomic mass is 16.5. The van der Waals surface area contributed by atoms with Gasteiger partial charge in [-0.1, -0.05) is 12.1 Å². The zero-order chi connectivity index (χ0) is 20.6. The second-order valence-corrected chi connectivity index (χ2v) is 7.00. The van der Waals surface area contributed by atoms with Crippen molar-refractivity contribution in [1.82, 2.24) is 4.90 Å². The van der Waals surface area contributed by atoms with Crippen LogP contribution in [-0.2, 0) is 16.0 Å². The molecule has 1 saturated heterocycles. The quantitative estimate of drug-likeness (QED) is 0.747. The summed E-state index contributed by atoms with van der Waals surface area (Å²) in [4.78, 5) is 26.2. The molecule has 154 valence electrons. The minimum absolute atomic E-state index is 0.0570. The van der Waals surface area contributed by atoms with Gasteiger partial charge in [-0.3, -0.25) is 9.59 Å². The number of hydrogen-bond acceptors (Lipinski definition) is 5. The van der Waals surface area contributed by atoms with Crippen LogP contribution in [-0.4, -0.2) is 54.7 Å². The standard InChI is InChI=1S/C22H26N2O5/c1-28-19-6-8-20(9-7-19)29-15-21(26)23-17-4-2-16(3-5-17)14-22(27)24-12-10-18(25)11-13-24/h2-9,18,25H,10-15H2,1H3,(H,23,26). The van der Waals surface area contributed by atoms with E-state index in [0.29, 0.717) is 43.8 Å². The van der Waals surface area contributed by atoms with Gasteiger partial charge in [0.15, 0.2) is 6.61 Å². The van der Waals surface area contributed by atoms with Crippen LogP contribution in [0.3, 0.4) is 0 Å². The van der Waals surface area contributed by atoms with E-state index in [1.165, 1.54) is 0 Å². The lowest BCUT2D eigenvalue weighted by molar-refractivity contribution is -0.132. The highest BCUT2D eigenvalue weighted by Gasteiger charge is 2.21. The van der Waals surface area contributed by atoms with Crippen LogP contribution in [0.2, 0.25) is 0 Å². The number of hydrogen-bond donors (Lipinski definition) is 2. The van der Waals surface area contributed by atoms with Crippen molar-refractivity contribution in [1.29, 1.82) is 0 Å². The van der Waals surface area contributed by atoms with Crippen LogP contribution >= 0.6 is 0 Å². The summed E-state index contributed by atoms with van der Waals surface area (Å²) in [6, 6.07) is 14.2. The molecular formula is C22H26N2O5. The Kier molecular flexibility index (Phi) is 7.08. The molecule has 0 atom stereocenters. The van der Waals surface area contributed by atoms with E-state index in [1.807, 2.05) is 12.1 Å². The molecule has 29 heavy (non-hydrogen) atoms. The summed E-state index contributed by atoms with van der Waals surface area (Å²) in [6.07, 6.45) is 1.28. The van der Waals surface area contributed by atoms with Gasteiger partial charge in [-0.05, 0) is 54.8 Å². The van der Waals surface area contributed by atoms with E-state index >= 15 is 0 Å². The first kappa shape index (κ1) is 20.7. The van der Waals surface area contributed by atoms with Crippen molar-refractivity contribution < 1.29 is 24.2 Å². The van der Waals surface area contributed by atoms with Crippen molar-refractivity contribution in [2.24, 2.45) is 0 Å². The number of carbonyl (C=O) groups excluding carboxylic acids is 2. The summed E-state index contributed by atoms with van der Waals surface area (Å²) in [6.45, 7) is 1.10. The van der Waals surface area contributed by atoms with Gasteiger partial charge in [0, 0.05) is 18.8 Å². The molecule has 0 saturated carbocycles. The molecule has 7 nitrogen and oxygen atoms in total. The van der Waals surface area contributed by atoms with E-state index in [1.54, 1.807) is 48.4 Å². The lowest BCUT2D eigenvalue weighted by Gasteiger charge is -2.29. The van der Waals surface area contributed by atoms with E-state index in [2.05, 4.69) is 5.32 Å². The van der Waals surface area contributed by atoms with E-state index in [4.69, 9.17) is 9.47 Å². The SMILES string of the molecule is COc1ccc(OCC(=O)Nc2ccc(CC(=O)N3CCC(O)CC3)cc2)cc1. The Morgan fingerprint density at radius 1 is 1.03 bits per heavy atom. The normalized spacial score (nSPS) is 14.3. The number of aliphatic hydroxyl groups excluding tert-OH is 1. The first-order chi connectivity index (χ1) is 14.0. The van der Waals surface area contributed by atoms with E-state index in [9.17, 15) is 14.7 Å². The van der Waals surface area contributed by atoms with E-state index < -0.39 is 0 Å². The van der Waals surface area contributed by atoms with Gasteiger partial charge in [-0.25, -0.2) is 0 Å². The van der Waals surface area contributed by atoms with Gasteiger partial charge in [0.05, 0.1) is 19.6 Å². The predicted molar refractivity (Wildman–Crippen MR) is 109 cm³/mol. The number of methoxy groups -OCH3 is 1. The third kappa shape index (κ3) is 6.22. The van der Waals surface area contributed by atoms with Crippen molar-refractivity contribution in [3.63, 3.8) is 0 Å². The lowest BCUT2D eigenvalue weighted by Crippen LogP contribution is -2.40. The summed E-state index contributed by atoms with van der Waals surface area (Å²) < 4.78 is 10.5. The van der Waals surface area contributed by atoms with Crippen molar-refractivity contribution in [2.45, 2.75) is 25.4 Å². The third-order valence-corrected chi connectivity index (χ3v) is 4.84. The molecule has 2 N–H and O–H groups in total. The molecule has 1 aliphatic rings. The Bertz CT molecular complexity index is 812. The molecule has 1 aliphatic heterocycles. The fourth-order valence-electron chi connectivity index (χ4n) is 3.13. The van der Waals surface area contributed by atoms with Gasteiger partial charge in [0.2, 0.25) is 5.91 Å². The van der Waals surface area contributed by atoms with Crippen molar-refractivity contribution in [3.05, 3.63) is 54.1 Å². The van der Waals surface area contributed by atoms with Crippen LogP contribution < -0.4 is 14.8 Å². The number of anilines is 1. The zero-order valence-electron chi connectivity index (χ0n) is 16.5. The second-order valence-electron chi connectivity index (χ2n) is 7.00. The average Bonchev–Trinajstić information content (AvgIpc) is 2.74. The van der Waals surface area contributed by atoms with Crippen LogP contribution in [0, 0.1) is 0 Å². The summed E-state index contributed by atoms with van der Waals surface area (Å²) in [7, 11) is 1.59. The van der Waals surface area contributed by atoms with Crippen molar-refractivity contribution >= 4 is 17.5 Å². The largest absolute Gasteiger partial charge is 0.497 e. The molecule has 2 amide bonds. The van der Waals surface area contributed by atoms with Crippen molar-refractivity contribution in [2.75, 3.05) is 32.1 Å². The van der Waals surface area contributed by atoms with Crippen LogP contribution in [0.15, 0.2) is 48.5 Å². The zero-order valence-corrected chi connectivity index (χ0v) is 16.5. The number of benzene rings is 2. The third-order valence-electron chi connectivity index (χ3n) is 4.84. The van der Waals surface area contributed by atoms with E-state index in [0.717, 1.165) is 11.3 Å². The Morgan fingerprint density at radius 3 is 2.28 bits per heavy atom.